The van der Waals surface area contributed by atoms with Crippen LogP contribution in [0.4, 0.5) is 0 Å². The Hall–Kier alpha value is -1.77. The van der Waals surface area contributed by atoms with E-state index in [4.69, 9.17) is 0 Å². The van der Waals surface area contributed by atoms with Gasteiger partial charge in [-0.25, -0.2) is 4.98 Å². The van der Waals surface area contributed by atoms with Crippen LogP contribution in [0, 0.1) is 19.9 Å². The number of nitrogens with zero attached hydrogens (tertiary/aromatic N) is 1. The molecule has 2 rings (SSSR count). The van der Waals surface area contributed by atoms with E-state index in [1.54, 1.807) is 18.2 Å². The third-order valence-electron chi connectivity index (χ3n) is 2.07. The summed E-state index contributed by atoms with van der Waals surface area (Å²) in [6.07, 6.45) is 0. The van der Waals surface area contributed by atoms with Gasteiger partial charge < -0.3 is 10.1 Å². The zero-order chi connectivity index (χ0) is 10.1. The molecule has 1 heterocycles. The lowest BCUT2D eigenvalue weighted by atomic mass is 10.1. The third-order valence-corrected chi connectivity index (χ3v) is 2.07. The summed E-state index contributed by atoms with van der Waals surface area (Å²) in [4.78, 5) is 7.39. The van der Waals surface area contributed by atoms with Crippen LogP contribution in [0.15, 0.2) is 18.2 Å². The van der Waals surface area contributed by atoms with Crippen LogP contribution in [0.25, 0.3) is 11.3 Å². The summed E-state index contributed by atoms with van der Waals surface area (Å²) in [5.41, 5.74) is 2.36. The average Bonchev–Trinajstić information content (AvgIpc) is 2.46. The number of hydrogen-bond donors (Lipinski definition) is 2. The van der Waals surface area contributed by atoms with Crippen LogP contribution >= 0.6 is 0 Å². The van der Waals surface area contributed by atoms with Gasteiger partial charge in [0.15, 0.2) is 0 Å². The topological polar surface area (TPSA) is 48.9 Å². The van der Waals surface area contributed by atoms with Crippen LogP contribution in [-0.2, 0) is 0 Å². The zero-order valence-corrected chi connectivity index (χ0v) is 8.13. The molecule has 2 N–H and O–H groups in total. The fourth-order valence-electron chi connectivity index (χ4n) is 1.47. The number of aromatic amines is 1. The SMILES string of the molecule is Cc1nc(-c2[c]cccc2O)c(C)[nH]1. The molecule has 0 amide bonds. The van der Waals surface area contributed by atoms with Crippen molar-refractivity contribution in [1.29, 1.82) is 0 Å². The first kappa shape index (κ1) is 8.81. The number of aromatic nitrogens is 2. The molecule has 0 aliphatic carbocycles. The molecular formula is C11H11N2O. The van der Waals surface area contributed by atoms with Gasteiger partial charge in [-0.05, 0) is 26.0 Å². The summed E-state index contributed by atoms with van der Waals surface area (Å²) in [5.74, 6) is 1.05. The Kier molecular flexibility index (Phi) is 2.00. The van der Waals surface area contributed by atoms with Crippen LogP contribution in [0.1, 0.15) is 11.5 Å². The molecule has 3 nitrogen and oxygen atoms in total. The van der Waals surface area contributed by atoms with E-state index in [9.17, 15) is 5.11 Å². The maximum Gasteiger partial charge on any atom is 0.125 e. The van der Waals surface area contributed by atoms with Crippen molar-refractivity contribution in [2.24, 2.45) is 0 Å². The van der Waals surface area contributed by atoms with Gasteiger partial charge in [0, 0.05) is 5.69 Å². The van der Waals surface area contributed by atoms with Gasteiger partial charge in [0.05, 0.1) is 11.3 Å². The Morgan fingerprint density at radius 1 is 1.43 bits per heavy atom. The highest BCUT2D eigenvalue weighted by molar-refractivity contribution is 5.67. The summed E-state index contributed by atoms with van der Waals surface area (Å²) < 4.78 is 0. The summed E-state index contributed by atoms with van der Waals surface area (Å²) in [6.45, 7) is 3.81. The Balaban J connectivity index is 2.60. The Morgan fingerprint density at radius 2 is 2.21 bits per heavy atom. The molecule has 3 heteroatoms. The molecule has 0 bridgehead atoms. The van der Waals surface area contributed by atoms with E-state index in [1.165, 1.54) is 0 Å². The summed E-state index contributed by atoms with van der Waals surface area (Å²) in [5, 5.41) is 9.61. The van der Waals surface area contributed by atoms with E-state index in [0.717, 1.165) is 17.2 Å². The van der Waals surface area contributed by atoms with E-state index in [-0.39, 0.29) is 5.75 Å². The van der Waals surface area contributed by atoms with E-state index in [2.05, 4.69) is 16.0 Å². The summed E-state index contributed by atoms with van der Waals surface area (Å²) >= 11 is 0. The number of phenolic OH excluding ortho intramolecular Hbond substituents is 1. The largest absolute Gasteiger partial charge is 0.507 e. The van der Waals surface area contributed by atoms with Crippen molar-refractivity contribution in [3.8, 4) is 17.0 Å². The van der Waals surface area contributed by atoms with Gasteiger partial charge in [0.25, 0.3) is 0 Å². The predicted octanol–water partition coefficient (Wildman–Crippen LogP) is 2.20. The average molecular weight is 187 g/mol. The normalized spacial score (nSPS) is 10.4. The van der Waals surface area contributed by atoms with Gasteiger partial charge >= 0.3 is 0 Å². The van der Waals surface area contributed by atoms with Crippen molar-refractivity contribution in [1.82, 2.24) is 9.97 Å². The number of imidazole rings is 1. The van der Waals surface area contributed by atoms with Gasteiger partial charge in [0.2, 0.25) is 0 Å². The molecule has 71 valence electrons. The van der Waals surface area contributed by atoms with Gasteiger partial charge in [-0.2, -0.15) is 0 Å². The van der Waals surface area contributed by atoms with E-state index in [0.29, 0.717) is 5.56 Å². The molecule has 0 aliphatic rings. The molecule has 0 spiro atoms. The van der Waals surface area contributed by atoms with E-state index in [1.807, 2.05) is 13.8 Å². The fourth-order valence-corrected chi connectivity index (χ4v) is 1.47. The summed E-state index contributed by atoms with van der Waals surface area (Å²) in [6, 6.07) is 8.11. The minimum atomic E-state index is 0.210. The third kappa shape index (κ3) is 1.37. The number of benzene rings is 1. The highest BCUT2D eigenvalue weighted by Gasteiger charge is 2.10. The van der Waals surface area contributed by atoms with Crippen molar-refractivity contribution in [2.75, 3.05) is 0 Å². The minimum Gasteiger partial charge on any atom is -0.507 e. The Bertz CT molecular complexity index is 460. The second-order valence-corrected chi connectivity index (χ2v) is 3.23. The lowest BCUT2D eigenvalue weighted by molar-refractivity contribution is 0.477. The number of hydrogen-bond acceptors (Lipinski definition) is 2. The van der Waals surface area contributed by atoms with Crippen LogP contribution in [0.2, 0.25) is 0 Å². The molecule has 14 heavy (non-hydrogen) atoms. The lowest BCUT2D eigenvalue weighted by Crippen LogP contribution is -1.82. The molecule has 0 aliphatic heterocycles. The monoisotopic (exact) mass is 187 g/mol. The Morgan fingerprint density at radius 3 is 2.79 bits per heavy atom. The van der Waals surface area contributed by atoms with Crippen molar-refractivity contribution < 1.29 is 5.11 Å². The number of aromatic hydroxyl groups is 1. The predicted molar refractivity (Wildman–Crippen MR) is 54.0 cm³/mol. The molecule has 0 unspecified atom stereocenters. The van der Waals surface area contributed by atoms with Gasteiger partial charge in [-0.15, -0.1) is 0 Å². The van der Waals surface area contributed by atoms with Crippen LogP contribution < -0.4 is 0 Å². The first-order valence-corrected chi connectivity index (χ1v) is 4.41. The standard InChI is InChI=1S/C11H11N2O/c1-7-11(13-8(2)12-7)9-5-3-4-6-10(9)14/h3-4,6,14H,1-2H3,(H,12,13). The summed E-state index contributed by atoms with van der Waals surface area (Å²) in [7, 11) is 0. The highest BCUT2D eigenvalue weighted by Crippen LogP contribution is 2.28. The van der Waals surface area contributed by atoms with E-state index < -0.39 is 0 Å². The Labute approximate surface area is 82.4 Å². The number of rotatable bonds is 1. The maximum absolute atomic E-state index is 9.61. The smallest absolute Gasteiger partial charge is 0.125 e. The van der Waals surface area contributed by atoms with Crippen LogP contribution in [-0.4, -0.2) is 15.1 Å². The van der Waals surface area contributed by atoms with Crippen LogP contribution in [0.3, 0.4) is 0 Å². The van der Waals surface area contributed by atoms with Gasteiger partial charge in [0.1, 0.15) is 11.6 Å². The molecule has 1 radical (unpaired) electrons. The van der Waals surface area contributed by atoms with Crippen molar-refractivity contribution in [3.63, 3.8) is 0 Å². The number of aryl methyl sites for hydroxylation is 2. The lowest BCUT2D eigenvalue weighted by Gasteiger charge is -2.00. The first-order chi connectivity index (χ1) is 6.68. The van der Waals surface area contributed by atoms with Crippen molar-refractivity contribution in [2.45, 2.75) is 13.8 Å². The maximum atomic E-state index is 9.61. The fraction of sp³-hybridized carbons (Fsp3) is 0.182. The molecule has 0 saturated carbocycles. The number of phenols is 1. The highest BCUT2D eigenvalue weighted by atomic mass is 16.3. The van der Waals surface area contributed by atoms with Crippen LogP contribution in [0.5, 0.6) is 5.75 Å². The zero-order valence-electron chi connectivity index (χ0n) is 8.13. The molecule has 0 atom stereocenters. The second-order valence-electron chi connectivity index (χ2n) is 3.23. The molecule has 1 aromatic heterocycles. The van der Waals surface area contributed by atoms with Crippen molar-refractivity contribution >= 4 is 0 Å². The number of H-pyrrole nitrogens is 1. The molecule has 2 aromatic rings. The van der Waals surface area contributed by atoms with Gasteiger partial charge in [-0.3, -0.25) is 0 Å². The molecule has 0 fully saturated rings. The van der Waals surface area contributed by atoms with E-state index >= 15 is 0 Å². The van der Waals surface area contributed by atoms with Crippen molar-refractivity contribution in [3.05, 3.63) is 35.8 Å². The first-order valence-electron chi connectivity index (χ1n) is 4.41. The second kappa shape index (κ2) is 3.18. The van der Waals surface area contributed by atoms with Gasteiger partial charge in [-0.1, -0.05) is 12.1 Å². The molecule has 1 aromatic carbocycles. The molecule has 0 saturated heterocycles. The quantitative estimate of drug-likeness (QED) is 0.719. The molecular weight excluding hydrogens is 176 g/mol. The number of nitrogens with one attached hydrogen (secondary N) is 1. The minimum absolute atomic E-state index is 0.210.